The van der Waals surface area contributed by atoms with Crippen LogP contribution in [-0.2, 0) is 15.4 Å². The second-order valence-electron chi connectivity index (χ2n) is 4.53. The minimum Gasteiger partial charge on any atom is -0.493 e. The minimum absolute atomic E-state index is 0.0349. The van der Waals surface area contributed by atoms with Gasteiger partial charge in [-0.2, -0.15) is 0 Å². The van der Waals surface area contributed by atoms with Crippen LogP contribution in [0.5, 0.6) is 11.5 Å². The minimum atomic E-state index is -3.47. The highest BCUT2D eigenvalue weighted by Gasteiger charge is 2.27. The van der Waals surface area contributed by atoms with Crippen LogP contribution in [0.25, 0.3) is 0 Å². The van der Waals surface area contributed by atoms with Crippen LogP contribution in [0.3, 0.4) is 0 Å². The molecule has 0 atom stereocenters. The van der Waals surface area contributed by atoms with Crippen molar-refractivity contribution in [3.8, 4) is 11.5 Å². The first-order valence-corrected chi connectivity index (χ1v) is 7.19. The molecule has 1 rings (SSSR count). The van der Waals surface area contributed by atoms with Crippen LogP contribution in [0, 0.1) is 0 Å². The lowest BCUT2D eigenvalue weighted by atomic mass is 9.98. The van der Waals surface area contributed by atoms with Gasteiger partial charge in [0.15, 0.2) is 21.3 Å². The van der Waals surface area contributed by atoms with Gasteiger partial charge in [-0.1, -0.05) is 0 Å². The van der Waals surface area contributed by atoms with Crippen LogP contribution < -0.4 is 9.47 Å². The van der Waals surface area contributed by atoms with E-state index in [4.69, 9.17) is 9.47 Å². The highest BCUT2D eigenvalue weighted by Crippen LogP contribution is 2.37. The molecule has 0 spiro atoms. The van der Waals surface area contributed by atoms with Crippen LogP contribution in [-0.4, -0.2) is 34.0 Å². The maximum atomic E-state index is 11.8. The maximum Gasteiger partial charge on any atom is 0.176 e. The molecule has 18 heavy (non-hydrogen) atoms. The van der Waals surface area contributed by atoms with Gasteiger partial charge in [0.1, 0.15) is 0 Å². The van der Waals surface area contributed by atoms with Gasteiger partial charge in [0.2, 0.25) is 0 Å². The predicted octanol–water partition coefficient (Wildman–Crippen LogP) is 1.33. The molecule has 0 bridgehead atoms. The molecule has 0 radical (unpaired) electrons. The normalized spacial score (nSPS) is 12.3. The summed E-state index contributed by atoms with van der Waals surface area (Å²) in [6.45, 7) is 3.03. The summed E-state index contributed by atoms with van der Waals surface area (Å²) >= 11 is 0. The average Bonchev–Trinajstić information content (AvgIpc) is 2.24. The summed E-state index contributed by atoms with van der Waals surface area (Å²) in [5.41, 5.74) is -1.01. The number of hydrogen-bond donors (Lipinski definition) is 1. The van der Waals surface area contributed by atoms with Crippen molar-refractivity contribution in [1.82, 2.24) is 0 Å². The van der Waals surface area contributed by atoms with E-state index in [1.165, 1.54) is 40.2 Å². The van der Waals surface area contributed by atoms with E-state index in [9.17, 15) is 13.5 Å². The van der Waals surface area contributed by atoms with E-state index < -0.39 is 15.4 Å². The van der Waals surface area contributed by atoms with Crippen LogP contribution in [0.2, 0.25) is 0 Å². The second-order valence-corrected chi connectivity index (χ2v) is 6.52. The lowest BCUT2D eigenvalue weighted by molar-refractivity contribution is 0.0751. The number of hydrogen-bond acceptors (Lipinski definition) is 5. The van der Waals surface area contributed by atoms with Crippen molar-refractivity contribution >= 4 is 9.84 Å². The summed E-state index contributed by atoms with van der Waals surface area (Å²) in [7, 11) is -0.595. The Hall–Kier alpha value is -1.27. The Morgan fingerprint density at radius 1 is 1.11 bits per heavy atom. The highest BCUT2D eigenvalue weighted by atomic mass is 32.2. The number of aliphatic hydroxyl groups is 1. The molecule has 0 fully saturated rings. The molecule has 5 nitrogen and oxygen atoms in total. The quantitative estimate of drug-likeness (QED) is 0.897. The molecular formula is C12H18O5S. The number of benzene rings is 1. The Labute approximate surface area is 107 Å². The summed E-state index contributed by atoms with van der Waals surface area (Å²) in [4.78, 5) is 0.0349. The Kier molecular flexibility index (Phi) is 3.92. The summed E-state index contributed by atoms with van der Waals surface area (Å²) in [5, 5.41) is 10.1. The van der Waals surface area contributed by atoms with Crippen molar-refractivity contribution in [3.05, 3.63) is 17.7 Å². The molecule has 0 aliphatic heterocycles. The first-order valence-electron chi connectivity index (χ1n) is 5.30. The van der Waals surface area contributed by atoms with Crippen molar-refractivity contribution in [2.45, 2.75) is 24.3 Å². The fraction of sp³-hybridized carbons (Fsp3) is 0.500. The lowest BCUT2D eigenvalue weighted by Crippen LogP contribution is -2.20. The molecule has 0 aromatic heterocycles. The van der Waals surface area contributed by atoms with Crippen molar-refractivity contribution in [2.24, 2.45) is 0 Å². The predicted molar refractivity (Wildman–Crippen MR) is 67.9 cm³/mol. The molecule has 0 aliphatic carbocycles. The molecule has 1 N–H and O–H groups in total. The van der Waals surface area contributed by atoms with E-state index in [0.717, 1.165) is 6.26 Å². The van der Waals surface area contributed by atoms with Crippen LogP contribution >= 0.6 is 0 Å². The summed E-state index contributed by atoms with van der Waals surface area (Å²) in [6.07, 6.45) is 1.09. The van der Waals surface area contributed by atoms with E-state index in [1.807, 2.05) is 0 Å². The van der Waals surface area contributed by atoms with Gasteiger partial charge >= 0.3 is 0 Å². The number of rotatable bonds is 4. The van der Waals surface area contributed by atoms with Crippen molar-refractivity contribution < 1.29 is 23.0 Å². The van der Waals surface area contributed by atoms with Crippen LogP contribution in [0.4, 0.5) is 0 Å². The zero-order valence-corrected chi connectivity index (χ0v) is 12.0. The van der Waals surface area contributed by atoms with Gasteiger partial charge in [0, 0.05) is 17.9 Å². The summed E-state index contributed by atoms with van der Waals surface area (Å²) < 4.78 is 33.7. The monoisotopic (exact) mass is 274 g/mol. The molecule has 0 saturated carbocycles. The molecular weight excluding hydrogens is 256 g/mol. The molecule has 0 saturated heterocycles. The standard InChI is InChI=1S/C12H18O5S/c1-12(2,13)8-6-9(16-3)10(17-4)7-11(8)18(5,14)15/h6-7,13H,1-5H3. The first kappa shape index (κ1) is 14.8. The maximum absolute atomic E-state index is 11.8. The molecule has 1 aromatic carbocycles. The van der Waals surface area contributed by atoms with Gasteiger partial charge in [0.05, 0.1) is 24.7 Å². The topological polar surface area (TPSA) is 72.8 Å². The van der Waals surface area contributed by atoms with Gasteiger partial charge in [-0.05, 0) is 19.9 Å². The average molecular weight is 274 g/mol. The molecule has 102 valence electrons. The molecule has 6 heteroatoms. The van der Waals surface area contributed by atoms with Crippen LogP contribution in [0.15, 0.2) is 17.0 Å². The Morgan fingerprint density at radius 3 is 1.89 bits per heavy atom. The van der Waals surface area contributed by atoms with Crippen molar-refractivity contribution in [3.63, 3.8) is 0 Å². The van der Waals surface area contributed by atoms with E-state index in [2.05, 4.69) is 0 Å². The molecule has 0 aliphatic rings. The lowest BCUT2D eigenvalue weighted by Gasteiger charge is -2.22. The largest absolute Gasteiger partial charge is 0.493 e. The van der Waals surface area contributed by atoms with E-state index in [1.54, 1.807) is 0 Å². The SMILES string of the molecule is COc1cc(C(C)(C)O)c(S(C)(=O)=O)cc1OC. The van der Waals surface area contributed by atoms with E-state index >= 15 is 0 Å². The summed E-state index contributed by atoms with van der Waals surface area (Å²) in [6, 6.07) is 2.84. The van der Waals surface area contributed by atoms with Gasteiger partial charge < -0.3 is 14.6 Å². The Bertz CT molecular complexity index is 540. The second kappa shape index (κ2) is 4.78. The molecule has 0 unspecified atom stereocenters. The smallest absolute Gasteiger partial charge is 0.176 e. The third-order valence-electron chi connectivity index (χ3n) is 2.54. The van der Waals surface area contributed by atoms with Gasteiger partial charge in [-0.15, -0.1) is 0 Å². The van der Waals surface area contributed by atoms with Crippen LogP contribution in [0.1, 0.15) is 19.4 Å². The molecule has 1 aromatic rings. The number of sulfone groups is 1. The van der Waals surface area contributed by atoms with E-state index in [-0.39, 0.29) is 10.5 Å². The number of ether oxygens (including phenoxy) is 2. The van der Waals surface area contributed by atoms with Gasteiger partial charge in [0.25, 0.3) is 0 Å². The third-order valence-corrected chi connectivity index (χ3v) is 3.68. The Balaban J connectivity index is 3.68. The van der Waals surface area contributed by atoms with Gasteiger partial charge in [-0.25, -0.2) is 8.42 Å². The molecule has 0 amide bonds. The fourth-order valence-electron chi connectivity index (χ4n) is 1.65. The summed E-state index contributed by atoms with van der Waals surface area (Å²) in [5.74, 6) is 0.688. The Morgan fingerprint density at radius 2 is 1.56 bits per heavy atom. The van der Waals surface area contributed by atoms with Crippen molar-refractivity contribution in [1.29, 1.82) is 0 Å². The first-order chi connectivity index (χ1) is 8.11. The van der Waals surface area contributed by atoms with Gasteiger partial charge in [-0.3, -0.25) is 0 Å². The van der Waals surface area contributed by atoms with Crippen molar-refractivity contribution in [2.75, 3.05) is 20.5 Å². The van der Waals surface area contributed by atoms with E-state index in [0.29, 0.717) is 11.5 Å². The number of methoxy groups -OCH3 is 2. The third kappa shape index (κ3) is 2.94. The molecule has 0 heterocycles. The zero-order valence-electron chi connectivity index (χ0n) is 11.1. The highest BCUT2D eigenvalue weighted by molar-refractivity contribution is 7.90. The zero-order chi connectivity index (χ0) is 14.1. The fourth-order valence-corrected chi connectivity index (χ4v) is 2.67.